The molecule has 0 aromatic heterocycles. The number of halogens is 3. The maximum Gasteiger partial charge on any atom is 0.397 e. The van der Waals surface area contributed by atoms with Crippen molar-refractivity contribution in [1.29, 1.82) is 0 Å². The lowest BCUT2D eigenvalue weighted by Crippen LogP contribution is -2.46. The van der Waals surface area contributed by atoms with Crippen LogP contribution in [0.15, 0.2) is 24.3 Å². The summed E-state index contributed by atoms with van der Waals surface area (Å²) in [6, 6.07) is 6.49. The minimum absolute atomic E-state index is 0.418. The van der Waals surface area contributed by atoms with Crippen molar-refractivity contribution in [2.75, 3.05) is 18.6 Å². The molecule has 5 nitrogen and oxygen atoms in total. The van der Waals surface area contributed by atoms with E-state index in [1.165, 1.54) is 14.0 Å². The number of carboxylic acids is 1. The zero-order chi connectivity index (χ0) is 18.4. The molecule has 1 amide bonds. The van der Waals surface area contributed by atoms with Gasteiger partial charge in [0.1, 0.15) is 5.75 Å². The number of alkyl halides is 3. The fraction of sp³-hybridized carbons (Fsp3) is 0.467. The van der Waals surface area contributed by atoms with Crippen molar-refractivity contribution in [1.82, 2.24) is 5.32 Å². The Balaban J connectivity index is 2.87. The highest BCUT2D eigenvalue weighted by atomic mass is 32.2. The van der Waals surface area contributed by atoms with Crippen LogP contribution in [0.3, 0.4) is 0 Å². The van der Waals surface area contributed by atoms with E-state index in [0.29, 0.717) is 23.1 Å². The second-order valence-corrected chi connectivity index (χ2v) is 6.28. The third-order valence-electron chi connectivity index (χ3n) is 3.13. The number of carboxylic acid groups (broad SMARTS) is 1. The molecule has 0 spiro atoms. The Bertz CT molecular complexity index is 594. The van der Waals surface area contributed by atoms with Crippen LogP contribution in [0.25, 0.3) is 0 Å². The molecule has 24 heavy (non-hydrogen) atoms. The van der Waals surface area contributed by atoms with Crippen LogP contribution in [0.1, 0.15) is 18.9 Å². The SMILES string of the molecule is COc1cccc(C(C)(CC(=O)O)NC(=O)CSCC(F)(F)F)c1. The molecule has 134 valence electrons. The van der Waals surface area contributed by atoms with Gasteiger partial charge >= 0.3 is 12.1 Å². The van der Waals surface area contributed by atoms with Gasteiger partial charge in [0.2, 0.25) is 5.91 Å². The van der Waals surface area contributed by atoms with Crippen molar-refractivity contribution < 1.29 is 32.6 Å². The van der Waals surface area contributed by atoms with Crippen LogP contribution in [0.5, 0.6) is 5.75 Å². The molecule has 1 aromatic carbocycles. The van der Waals surface area contributed by atoms with E-state index < -0.39 is 41.5 Å². The number of hydrogen-bond donors (Lipinski definition) is 2. The van der Waals surface area contributed by atoms with Gasteiger partial charge in [0.25, 0.3) is 0 Å². The lowest BCUT2D eigenvalue weighted by Gasteiger charge is -2.30. The van der Waals surface area contributed by atoms with Gasteiger partial charge in [-0.05, 0) is 24.6 Å². The second-order valence-electron chi connectivity index (χ2n) is 5.29. The number of carbonyl (C=O) groups is 2. The van der Waals surface area contributed by atoms with Gasteiger partial charge in [-0.3, -0.25) is 9.59 Å². The third-order valence-corrected chi connectivity index (χ3v) is 4.12. The van der Waals surface area contributed by atoms with Gasteiger partial charge in [-0.2, -0.15) is 13.2 Å². The number of rotatable bonds is 8. The highest BCUT2D eigenvalue weighted by Gasteiger charge is 2.32. The monoisotopic (exact) mass is 365 g/mol. The minimum atomic E-state index is -4.36. The van der Waals surface area contributed by atoms with Crippen LogP contribution in [-0.4, -0.2) is 41.8 Å². The van der Waals surface area contributed by atoms with Crippen molar-refractivity contribution in [2.45, 2.75) is 25.1 Å². The van der Waals surface area contributed by atoms with E-state index in [1.807, 2.05) is 0 Å². The molecular weight excluding hydrogens is 347 g/mol. The van der Waals surface area contributed by atoms with Crippen LogP contribution < -0.4 is 10.1 Å². The maximum atomic E-state index is 12.1. The molecule has 0 fully saturated rings. The molecule has 0 aliphatic heterocycles. The van der Waals surface area contributed by atoms with Gasteiger partial charge in [-0.15, -0.1) is 11.8 Å². The molecule has 0 saturated heterocycles. The zero-order valence-electron chi connectivity index (χ0n) is 13.1. The van der Waals surface area contributed by atoms with Gasteiger partial charge in [0, 0.05) is 0 Å². The Kier molecular flexibility index (Phi) is 6.94. The van der Waals surface area contributed by atoms with Crippen molar-refractivity contribution in [3.63, 3.8) is 0 Å². The number of carbonyl (C=O) groups excluding carboxylic acids is 1. The number of thioether (sulfide) groups is 1. The summed E-state index contributed by atoms with van der Waals surface area (Å²) in [6.07, 6.45) is -4.78. The zero-order valence-corrected chi connectivity index (χ0v) is 14.0. The first kappa shape index (κ1) is 20.1. The smallest absolute Gasteiger partial charge is 0.397 e. The van der Waals surface area contributed by atoms with E-state index in [2.05, 4.69) is 5.32 Å². The quantitative estimate of drug-likeness (QED) is 0.741. The van der Waals surface area contributed by atoms with Gasteiger partial charge in [-0.25, -0.2) is 0 Å². The molecule has 1 aromatic rings. The molecule has 9 heteroatoms. The first-order valence-corrected chi connectivity index (χ1v) is 8.03. The largest absolute Gasteiger partial charge is 0.497 e. The summed E-state index contributed by atoms with van der Waals surface area (Å²) in [5, 5.41) is 11.6. The Labute approximate surface area is 141 Å². The van der Waals surface area contributed by atoms with Crippen molar-refractivity contribution >= 4 is 23.6 Å². The summed E-state index contributed by atoms with van der Waals surface area (Å²) in [6.45, 7) is 1.50. The van der Waals surface area contributed by atoms with Crippen LogP contribution in [0.4, 0.5) is 13.2 Å². The summed E-state index contributed by atoms with van der Waals surface area (Å²) in [5.74, 6) is -2.90. The van der Waals surface area contributed by atoms with Crippen molar-refractivity contribution in [3.8, 4) is 5.75 Å². The molecule has 0 radical (unpaired) electrons. The van der Waals surface area contributed by atoms with E-state index in [-0.39, 0.29) is 0 Å². The Hall–Kier alpha value is -1.90. The average molecular weight is 365 g/mol. The topological polar surface area (TPSA) is 75.6 Å². The van der Waals surface area contributed by atoms with Crippen LogP contribution >= 0.6 is 11.8 Å². The molecule has 0 aliphatic rings. The van der Waals surface area contributed by atoms with Crippen LogP contribution in [0, 0.1) is 0 Å². The Morgan fingerprint density at radius 2 is 2.00 bits per heavy atom. The van der Waals surface area contributed by atoms with E-state index in [4.69, 9.17) is 9.84 Å². The number of benzene rings is 1. The molecule has 0 heterocycles. The van der Waals surface area contributed by atoms with E-state index in [0.717, 1.165) is 0 Å². The number of amides is 1. The highest BCUT2D eigenvalue weighted by molar-refractivity contribution is 8.00. The normalized spacial score (nSPS) is 13.9. The van der Waals surface area contributed by atoms with Gasteiger partial charge in [0.15, 0.2) is 0 Å². The van der Waals surface area contributed by atoms with Crippen LogP contribution in [0.2, 0.25) is 0 Å². The Morgan fingerprint density at radius 1 is 1.33 bits per heavy atom. The molecule has 0 saturated carbocycles. The number of aliphatic carboxylic acids is 1. The predicted octanol–water partition coefficient (Wildman–Crippen LogP) is 2.80. The first-order chi connectivity index (χ1) is 11.1. The predicted molar refractivity (Wildman–Crippen MR) is 84.1 cm³/mol. The molecule has 1 rings (SSSR count). The number of ether oxygens (including phenoxy) is 1. The van der Waals surface area contributed by atoms with Gasteiger partial charge < -0.3 is 15.2 Å². The van der Waals surface area contributed by atoms with E-state index >= 15 is 0 Å². The second kappa shape index (κ2) is 8.27. The molecule has 2 N–H and O–H groups in total. The minimum Gasteiger partial charge on any atom is -0.497 e. The average Bonchev–Trinajstić information content (AvgIpc) is 2.45. The van der Waals surface area contributed by atoms with Gasteiger partial charge in [0.05, 0.1) is 30.6 Å². The van der Waals surface area contributed by atoms with Gasteiger partial charge in [-0.1, -0.05) is 12.1 Å². The maximum absolute atomic E-state index is 12.1. The van der Waals surface area contributed by atoms with E-state index in [9.17, 15) is 22.8 Å². The van der Waals surface area contributed by atoms with Crippen LogP contribution in [-0.2, 0) is 15.1 Å². The fourth-order valence-corrected chi connectivity index (χ4v) is 2.68. The molecule has 0 aliphatic carbocycles. The van der Waals surface area contributed by atoms with Crippen molar-refractivity contribution in [2.24, 2.45) is 0 Å². The standard InChI is InChI=1S/C15H18F3NO4S/c1-14(7-13(21)22,10-4-3-5-11(6-10)23-2)19-12(20)8-24-9-15(16,17)18/h3-6H,7-9H2,1-2H3,(H,19,20)(H,21,22). The van der Waals surface area contributed by atoms with E-state index in [1.54, 1.807) is 24.3 Å². The molecule has 1 atom stereocenters. The summed E-state index contributed by atoms with van der Waals surface area (Å²) in [7, 11) is 1.44. The lowest BCUT2D eigenvalue weighted by molar-refractivity contribution is -0.139. The molecule has 1 unspecified atom stereocenters. The third kappa shape index (κ3) is 6.69. The number of methoxy groups -OCH3 is 1. The summed E-state index contributed by atoms with van der Waals surface area (Å²) in [4.78, 5) is 23.1. The summed E-state index contributed by atoms with van der Waals surface area (Å²) < 4.78 is 41.4. The fourth-order valence-electron chi connectivity index (χ4n) is 2.09. The lowest BCUT2D eigenvalue weighted by atomic mass is 9.88. The summed E-state index contributed by atoms with van der Waals surface area (Å²) in [5.41, 5.74) is -0.783. The Morgan fingerprint density at radius 3 is 2.54 bits per heavy atom. The molecule has 0 bridgehead atoms. The highest BCUT2D eigenvalue weighted by Crippen LogP contribution is 2.28. The summed E-state index contributed by atoms with van der Waals surface area (Å²) >= 11 is 0.422. The molecular formula is C15H18F3NO4S. The number of nitrogens with one attached hydrogen (secondary N) is 1. The van der Waals surface area contributed by atoms with Crippen molar-refractivity contribution in [3.05, 3.63) is 29.8 Å². The number of hydrogen-bond acceptors (Lipinski definition) is 4. The first-order valence-electron chi connectivity index (χ1n) is 6.87.